The van der Waals surface area contributed by atoms with Gasteiger partial charge in [-0.1, -0.05) is 50.2 Å². The average molecular weight is 170 g/mol. The quantitative estimate of drug-likeness (QED) is 0.481. The van der Waals surface area contributed by atoms with E-state index in [-0.39, 0.29) is 0 Å². The highest BCUT2D eigenvalue weighted by Crippen LogP contribution is 2.34. The molecule has 0 amide bonds. The molecule has 0 bridgehead atoms. The van der Waals surface area contributed by atoms with E-state index < -0.39 is 0 Å². The van der Waals surface area contributed by atoms with Crippen LogP contribution in [-0.2, 0) is 6.42 Å². The summed E-state index contributed by atoms with van der Waals surface area (Å²) >= 11 is 0. The first-order valence-electron chi connectivity index (χ1n) is 4.95. The predicted octanol–water partition coefficient (Wildman–Crippen LogP) is 3.77. The van der Waals surface area contributed by atoms with Gasteiger partial charge in [0, 0.05) is 0 Å². The van der Waals surface area contributed by atoms with Gasteiger partial charge in [0.1, 0.15) is 0 Å². The van der Waals surface area contributed by atoms with Crippen LogP contribution < -0.4 is 0 Å². The summed E-state index contributed by atoms with van der Waals surface area (Å²) in [5, 5.41) is 2.83. The van der Waals surface area contributed by atoms with Crippen molar-refractivity contribution in [1.29, 1.82) is 0 Å². The number of hydrogen-bond acceptors (Lipinski definition) is 0. The molecular formula is C13H14. The molecule has 0 saturated carbocycles. The second-order valence-corrected chi connectivity index (χ2v) is 3.10. The van der Waals surface area contributed by atoms with Crippen LogP contribution in [0.1, 0.15) is 25.0 Å². The standard InChI is InChI=1S/C11H8.C2H6/c1-2-4-10-8(3-1)5-6-9-7-11(9)10;1-2/h1-6H,7H2;1-2H3. The fraction of sp³-hybridized carbons (Fsp3) is 0.231. The maximum atomic E-state index is 2.23. The van der Waals surface area contributed by atoms with Crippen LogP contribution in [0.3, 0.4) is 0 Å². The third-order valence-corrected chi connectivity index (χ3v) is 2.38. The van der Waals surface area contributed by atoms with Gasteiger partial charge < -0.3 is 0 Å². The maximum absolute atomic E-state index is 2.23. The monoisotopic (exact) mass is 170 g/mol. The molecule has 0 saturated heterocycles. The first kappa shape index (κ1) is 8.31. The first-order chi connectivity index (χ1) is 6.45. The minimum atomic E-state index is 1.22. The van der Waals surface area contributed by atoms with E-state index in [9.17, 15) is 0 Å². The van der Waals surface area contributed by atoms with Crippen LogP contribution >= 0.6 is 0 Å². The van der Waals surface area contributed by atoms with Gasteiger partial charge in [-0.25, -0.2) is 0 Å². The number of fused-ring (bicyclic) bond motifs is 3. The van der Waals surface area contributed by atoms with Crippen LogP contribution in [0, 0.1) is 0 Å². The molecule has 0 atom stereocenters. The lowest BCUT2D eigenvalue weighted by molar-refractivity contribution is 1.50. The minimum Gasteiger partial charge on any atom is -0.0683 e. The maximum Gasteiger partial charge on any atom is -0.00137 e. The number of rotatable bonds is 0. The van der Waals surface area contributed by atoms with Crippen LogP contribution in [0.15, 0.2) is 36.4 Å². The van der Waals surface area contributed by atoms with Gasteiger partial charge in [0.2, 0.25) is 0 Å². The van der Waals surface area contributed by atoms with Gasteiger partial charge in [-0.2, -0.15) is 0 Å². The second-order valence-electron chi connectivity index (χ2n) is 3.10. The van der Waals surface area contributed by atoms with Crippen molar-refractivity contribution >= 4 is 10.8 Å². The molecule has 0 fully saturated rings. The Kier molecular flexibility index (Phi) is 2.05. The zero-order valence-electron chi connectivity index (χ0n) is 8.17. The van der Waals surface area contributed by atoms with E-state index in [4.69, 9.17) is 0 Å². The zero-order valence-corrected chi connectivity index (χ0v) is 8.17. The molecule has 66 valence electrons. The van der Waals surface area contributed by atoms with E-state index in [1.165, 1.54) is 22.8 Å². The molecule has 0 nitrogen and oxygen atoms in total. The van der Waals surface area contributed by atoms with Gasteiger partial charge in [-0.15, -0.1) is 0 Å². The number of hydrogen-bond donors (Lipinski definition) is 0. The lowest BCUT2D eigenvalue weighted by Crippen LogP contribution is -1.67. The molecule has 1 aliphatic rings. The van der Waals surface area contributed by atoms with Gasteiger partial charge >= 0.3 is 0 Å². The summed E-state index contributed by atoms with van der Waals surface area (Å²) in [6, 6.07) is 13.0. The normalized spacial score (nSPS) is 11.5. The van der Waals surface area contributed by atoms with E-state index in [2.05, 4.69) is 36.4 Å². The van der Waals surface area contributed by atoms with Gasteiger partial charge in [0.05, 0.1) is 0 Å². The Morgan fingerprint density at radius 1 is 0.923 bits per heavy atom. The highest BCUT2D eigenvalue weighted by atomic mass is 14.2. The molecular weight excluding hydrogens is 156 g/mol. The third kappa shape index (κ3) is 1.33. The molecule has 1 aliphatic carbocycles. The van der Waals surface area contributed by atoms with Crippen molar-refractivity contribution < 1.29 is 0 Å². The Balaban J connectivity index is 0.000000308. The van der Waals surface area contributed by atoms with E-state index in [1.807, 2.05) is 13.8 Å². The first-order valence-corrected chi connectivity index (χ1v) is 4.95. The Morgan fingerprint density at radius 3 is 2.54 bits per heavy atom. The van der Waals surface area contributed by atoms with Crippen molar-refractivity contribution in [3.63, 3.8) is 0 Å². The van der Waals surface area contributed by atoms with Gasteiger partial charge in [0.25, 0.3) is 0 Å². The molecule has 0 N–H and O–H groups in total. The van der Waals surface area contributed by atoms with Gasteiger partial charge in [0.15, 0.2) is 0 Å². The van der Waals surface area contributed by atoms with E-state index in [0.29, 0.717) is 0 Å². The van der Waals surface area contributed by atoms with E-state index >= 15 is 0 Å². The molecule has 0 spiro atoms. The predicted molar refractivity (Wildman–Crippen MR) is 58.1 cm³/mol. The molecule has 13 heavy (non-hydrogen) atoms. The Morgan fingerprint density at radius 2 is 1.69 bits per heavy atom. The Hall–Kier alpha value is -1.30. The smallest absolute Gasteiger partial charge is 0.00137 e. The van der Waals surface area contributed by atoms with Crippen molar-refractivity contribution in [3.8, 4) is 0 Å². The third-order valence-electron chi connectivity index (χ3n) is 2.38. The van der Waals surface area contributed by atoms with Crippen LogP contribution in [0.2, 0.25) is 0 Å². The Bertz CT molecular complexity index is 427. The molecule has 0 radical (unpaired) electrons. The summed E-state index contributed by atoms with van der Waals surface area (Å²) < 4.78 is 0. The fourth-order valence-corrected chi connectivity index (χ4v) is 1.68. The lowest BCUT2D eigenvalue weighted by atomic mass is 10.1. The largest absolute Gasteiger partial charge is 0.0683 e. The van der Waals surface area contributed by atoms with Crippen LogP contribution in [0.5, 0.6) is 0 Å². The highest BCUT2D eigenvalue weighted by Gasteiger charge is 2.18. The van der Waals surface area contributed by atoms with Crippen LogP contribution in [-0.4, -0.2) is 0 Å². The van der Waals surface area contributed by atoms with E-state index in [1.54, 1.807) is 5.56 Å². The average Bonchev–Trinajstić information content (AvgIpc) is 3.00. The molecule has 2 aromatic rings. The molecule has 0 heteroatoms. The SMILES string of the molecule is CC.c1ccc2c3c(ccc2c1)C3. The lowest BCUT2D eigenvalue weighted by Gasteiger charge is -1.92. The summed E-state index contributed by atoms with van der Waals surface area (Å²) in [4.78, 5) is 0. The zero-order chi connectivity index (χ0) is 9.26. The fourth-order valence-electron chi connectivity index (χ4n) is 1.68. The molecule has 0 unspecified atom stereocenters. The van der Waals surface area contributed by atoms with Crippen molar-refractivity contribution in [2.24, 2.45) is 0 Å². The van der Waals surface area contributed by atoms with Crippen molar-refractivity contribution in [2.45, 2.75) is 20.3 Å². The topological polar surface area (TPSA) is 0 Å². The summed E-state index contributed by atoms with van der Waals surface area (Å²) in [5.41, 5.74) is 3.09. The molecule has 0 heterocycles. The van der Waals surface area contributed by atoms with Crippen molar-refractivity contribution in [1.82, 2.24) is 0 Å². The summed E-state index contributed by atoms with van der Waals surface area (Å²) in [7, 11) is 0. The summed E-state index contributed by atoms with van der Waals surface area (Å²) in [6.07, 6.45) is 1.22. The van der Waals surface area contributed by atoms with Crippen molar-refractivity contribution in [2.75, 3.05) is 0 Å². The molecule has 3 rings (SSSR count). The summed E-state index contributed by atoms with van der Waals surface area (Å²) in [5.74, 6) is 0. The van der Waals surface area contributed by atoms with Gasteiger partial charge in [-0.05, 0) is 28.3 Å². The van der Waals surface area contributed by atoms with Gasteiger partial charge in [-0.3, -0.25) is 0 Å². The molecule has 0 aromatic heterocycles. The highest BCUT2D eigenvalue weighted by molar-refractivity contribution is 5.90. The molecule has 0 aliphatic heterocycles. The Labute approximate surface area is 79.2 Å². The summed E-state index contributed by atoms with van der Waals surface area (Å²) in [6.45, 7) is 4.00. The van der Waals surface area contributed by atoms with E-state index in [0.717, 1.165) is 0 Å². The minimum absolute atomic E-state index is 1.22. The number of benzene rings is 2. The van der Waals surface area contributed by atoms with Crippen LogP contribution in [0.25, 0.3) is 10.8 Å². The van der Waals surface area contributed by atoms with Crippen LogP contribution in [0.4, 0.5) is 0 Å². The molecule has 2 aromatic carbocycles. The van der Waals surface area contributed by atoms with Crippen molar-refractivity contribution in [3.05, 3.63) is 47.5 Å². The second kappa shape index (κ2) is 3.21.